The maximum absolute atomic E-state index is 5.82. The molecule has 0 saturated carbocycles. The summed E-state index contributed by atoms with van der Waals surface area (Å²) in [6.45, 7) is 4.93. The first-order valence-corrected chi connectivity index (χ1v) is 11.4. The molecule has 1 heterocycles. The molecule has 0 saturated heterocycles. The van der Waals surface area contributed by atoms with E-state index >= 15 is 0 Å². The van der Waals surface area contributed by atoms with E-state index in [9.17, 15) is 0 Å². The van der Waals surface area contributed by atoms with Gasteiger partial charge in [0.1, 0.15) is 6.61 Å². The average molecular weight is 403 g/mol. The molecule has 3 rings (SSSR count). The third kappa shape index (κ3) is 6.98. The highest BCUT2D eigenvalue weighted by Gasteiger charge is 2.03. The molecule has 0 spiro atoms. The number of unbranched alkanes of at least 4 members (excludes halogenated alkanes) is 5. The van der Waals surface area contributed by atoms with Crippen molar-refractivity contribution in [2.24, 2.45) is 0 Å². The second kappa shape index (κ2) is 12.1. The molecule has 3 aromatic rings. The average Bonchev–Trinajstić information content (AvgIpc) is 2.81. The first-order valence-electron chi connectivity index (χ1n) is 11.4. The summed E-state index contributed by atoms with van der Waals surface area (Å²) < 4.78 is 5.82. The lowest BCUT2D eigenvalue weighted by molar-refractivity contribution is 0.292. The highest BCUT2D eigenvalue weighted by atomic mass is 16.5. The van der Waals surface area contributed by atoms with Crippen LogP contribution in [0.25, 0.3) is 11.3 Å². The van der Waals surface area contributed by atoms with Crippen LogP contribution in [0, 0.1) is 0 Å². The maximum Gasteiger partial charge on any atom is 0.232 e. The van der Waals surface area contributed by atoms with Crippen LogP contribution in [0.4, 0.5) is 0 Å². The van der Waals surface area contributed by atoms with E-state index in [1.807, 2.05) is 0 Å². The van der Waals surface area contributed by atoms with Crippen molar-refractivity contribution in [1.29, 1.82) is 0 Å². The van der Waals surface area contributed by atoms with Crippen molar-refractivity contribution in [2.75, 3.05) is 0 Å². The summed E-state index contributed by atoms with van der Waals surface area (Å²) in [5, 5.41) is 0. The molecule has 0 radical (unpaired) electrons. The molecule has 30 heavy (non-hydrogen) atoms. The fourth-order valence-electron chi connectivity index (χ4n) is 3.52. The van der Waals surface area contributed by atoms with Crippen LogP contribution in [-0.4, -0.2) is 9.97 Å². The predicted molar refractivity (Wildman–Crippen MR) is 125 cm³/mol. The lowest BCUT2D eigenvalue weighted by atomic mass is 10.0. The molecule has 3 nitrogen and oxygen atoms in total. The Morgan fingerprint density at radius 3 is 2.00 bits per heavy atom. The number of ether oxygens (including phenoxy) is 1. The molecule has 0 aliphatic heterocycles. The quantitative estimate of drug-likeness (QED) is 0.301. The van der Waals surface area contributed by atoms with Crippen LogP contribution in [0.3, 0.4) is 0 Å². The molecule has 0 amide bonds. The Bertz CT molecular complexity index is 855. The van der Waals surface area contributed by atoms with Crippen LogP contribution in [0.5, 0.6) is 5.88 Å². The van der Waals surface area contributed by atoms with Crippen LogP contribution < -0.4 is 4.74 Å². The van der Waals surface area contributed by atoms with Gasteiger partial charge >= 0.3 is 0 Å². The van der Waals surface area contributed by atoms with Gasteiger partial charge in [0.2, 0.25) is 5.88 Å². The number of hydrogen-bond donors (Lipinski definition) is 0. The summed E-state index contributed by atoms with van der Waals surface area (Å²) in [5.41, 5.74) is 5.83. The first kappa shape index (κ1) is 22.0. The lowest BCUT2D eigenvalue weighted by Gasteiger charge is -2.08. The van der Waals surface area contributed by atoms with E-state index in [4.69, 9.17) is 4.74 Å². The number of aromatic nitrogens is 2. The van der Waals surface area contributed by atoms with Crippen LogP contribution in [0.2, 0.25) is 0 Å². The van der Waals surface area contributed by atoms with Crippen molar-refractivity contribution in [3.8, 4) is 17.1 Å². The van der Waals surface area contributed by atoms with Crippen LogP contribution in [0.1, 0.15) is 69.1 Å². The Hall–Kier alpha value is -2.68. The Balaban J connectivity index is 1.43. The minimum Gasteiger partial charge on any atom is -0.472 e. The van der Waals surface area contributed by atoms with Crippen molar-refractivity contribution >= 4 is 0 Å². The van der Waals surface area contributed by atoms with E-state index in [0.29, 0.717) is 12.5 Å². The van der Waals surface area contributed by atoms with Crippen molar-refractivity contribution in [1.82, 2.24) is 9.97 Å². The van der Waals surface area contributed by atoms with Crippen molar-refractivity contribution in [2.45, 2.75) is 71.8 Å². The SMILES string of the molecule is CCCCCCCCc1ccc(COc2cnc(-c3ccc(CC)cc3)cn2)cc1. The van der Waals surface area contributed by atoms with Gasteiger partial charge in [-0.2, -0.15) is 0 Å². The molecule has 1 aromatic heterocycles. The van der Waals surface area contributed by atoms with E-state index < -0.39 is 0 Å². The molecule has 0 bridgehead atoms. The summed E-state index contributed by atoms with van der Waals surface area (Å²) in [5.74, 6) is 0.556. The zero-order valence-electron chi connectivity index (χ0n) is 18.4. The molecule has 158 valence electrons. The largest absolute Gasteiger partial charge is 0.472 e. The number of rotatable bonds is 12. The van der Waals surface area contributed by atoms with Crippen molar-refractivity contribution in [3.63, 3.8) is 0 Å². The van der Waals surface area contributed by atoms with Crippen molar-refractivity contribution in [3.05, 3.63) is 77.6 Å². The van der Waals surface area contributed by atoms with E-state index in [1.165, 1.54) is 56.1 Å². The molecular formula is C27H34N2O. The van der Waals surface area contributed by atoms with Gasteiger partial charge in [-0.1, -0.05) is 94.5 Å². The number of hydrogen-bond acceptors (Lipinski definition) is 3. The Morgan fingerprint density at radius 1 is 0.667 bits per heavy atom. The van der Waals surface area contributed by atoms with E-state index in [2.05, 4.69) is 72.3 Å². The van der Waals surface area contributed by atoms with Gasteiger partial charge in [-0.05, 0) is 36.0 Å². The van der Waals surface area contributed by atoms with Gasteiger partial charge in [0.05, 0.1) is 18.1 Å². The standard InChI is InChI=1S/C27H34N2O/c1-3-5-6-7-8-9-10-23-11-13-24(14-12-23)21-30-27-20-28-26(19-29-27)25-17-15-22(4-2)16-18-25/h11-20H,3-10,21H2,1-2H3. The fraction of sp³-hybridized carbons (Fsp3) is 0.407. The second-order valence-corrected chi connectivity index (χ2v) is 7.91. The van der Waals surface area contributed by atoms with Gasteiger partial charge in [0.15, 0.2) is 0 Å². The molecule has 3 heteroatoms. The van der Waals surface area contributed by atoms with Gasteiger partial charge in [-0.3, -0.25) is 0 Å². The lowest BCUT2D eigenvalue weighted by Crippen LogP contribution is -1.98. The summed E-state index contributed by atoms with van der Waals surface area (Å²) >= 11 is 0. The van der Waals surface area contributed by atoms with Crippen LogP contribution in [-0.2, 0) is 19.4 Å². The molecule has 0 atom stereocenters. The fourth-order valence-corrected chi connectivity index (χ4v) is 3.52. The van der Waals surface area contributed by atoms with Gasteiger partial charge in [-0.15, -0.1) is 0 Å². The van der Waals surface area contributed by atoms with Gasteiger partial charge in [0.25, 0.3) is 0 Å². The highest BCUT2D eigenvalue weighted by molar-refractivity contribution is 5.58. The van der Waals surface area contributed by atoms with Gasteiger partial charge in [-0.25, -0.2) is 9.97 Å². The van der Waals surface area contributed by atoms with Crippen LogP contribution in [0.15, 0.2) is 60.9 Å². The molecular weight excluding hydrogens is 368 g/mol. The third-order valence-corrected chi connectivity index (χ3v) is 5.51. The number of aryl methyl sites for hydroxylation is 2. The minimum absolute atomic E-state index is 0.510. The molecule has 0 fully saturated rings. The Labute approximate surface area is 181 Å². The van der Waals surface area contributed by atoms with E-state index in [1.54, 1.807) is 12.4 Å². The number of nitrogens with zero attached hydrogens (tertiary/aromatic N) is 2. The third-order valence-electron chi connectivity index (χ3n) is 5.51. The second-order valence-electron chi connectivity index (χ2n) is 7.91. The minimum atomic E-state index is 0.510. The monoisotopic (exact) mass is 402 g/mol. The molecule has 0 unspecified atom stereocenters. The maximum atomic E-state index is 5.82. The summed E-state index contributed by atoms with van der Waals surface area (Å²) in [7, 11) is 0. The van der Waals surface area contributed by atoms with Crippen LogP contribution >= 0.6 is 0 Å². The highest BCUT2D eigenvalue weighted by Crippen LogP contribution is 2.19. The summed E-state index contributed by atoms with van der Waals surface area (Å²) in [6, 6.07) is 17.2. The zero-order valence-corrected chi connectivity index (χ0v) is 18.4. The molecule has 0 N–H and O–H groups in total. The summed E-state index contributed by atoms with van der Waals surface area (Å²) in [4.78, 5) is 8.92. The number of benzene rings is 2. The molecule has 0 aliphatic rings. The zero-order chi connectivity index (χ0) is 21.0. The summed E-state index contributed by atoms with van der Waals surface area (Å²) in [6.07, 6.45) is 13.7. The normalized spacial score (nSPS) is 10.9. The van der Waals surface area contributed by atoms with E-state index in [0.717, 1.165) is 23.2 Å². The van der Waals surface area contributed by atoms with Gasteiger partial charge in [0, 0.05) is 5.56 Å². The topological polar surface area (TPSA) is 35.0 Å². The van der Waals surface area contributed by atoms with Gasteiger partial charge < -0.3 is 4.74 Å². The Morgan fingerprint density at radius 2 is 1.33 bits per heavy atom. The molecule has 2 aromatic carbocycles. The van der Waals surface area contributed by atoms with Crippen molar-refractivity contribution < 1.29 is 4.74 Å². The Kier molecular flexibility index (Phi) is 8.89. The first-order chi connectivity index (χ1) is 14.8. The predicted octanol–water partition coefficient (Wildman–Crippen LogP) is 7.19. The smallest absolute Gasteiger partial charge is 0.232 e. The van der Waals surface area contributed by atoms with E-state index in [-0.39, 0.29) is 0 Å². The molecule has 0 aliphatic carbocycles.